The van der Waals surface area contributed by atoms with Crippen LogP contribution >= 0.6 is 0 Å². The molecular weight excluding hydrogens is 346 g/mol. The highest BCUT2D eigenvalue weighted by molar-refractivity contribution is 7.95. The number of allylic oxidation sites excluding steroid dienone is 1. The quantitative estimate of drug-likeness (QED) is 0.490. The third-order valence-electron chi connectivity index (χ3n) is 3.94. The van der Waals surface area contributed by atoms with Gasteiger partial charge in [-0.3, -0.25) is 0 Å². The number of para-hydroxylation sites is 1. The highest BCUT2D eigenvalue weighted by Gasteiger charge is 2.21. The lowest BCUT2D eigenvalue weighted by Crippen LogP contribution is -2.04. The topological polar surface area (TPSA) is 67.2 Å². The Kier molecular flexibility index (Phi) is 6.99. The molecule has 0 bridgehead atoms. The van der Waals surface area contributed by atoms with Gasteiger partial charge in [-0.15, -0.1) is 0 Å². The minimum atomic E-state index is -3.87. The van der Waals surface area contributed by atoms with E-state index >= 15 is 0 Å². The predicted octanol–water partition coefficient (Wildman–Crippen LogP) is 4.90. The van der Waals surface area contributed by atoms with E-state index in [1.54, 1.807) is 30.3 Å². The molecule has 2 aromatic rings. The molecule has 0 aliphatic heterocycles. The van der Waals surface area contributed by atoms with E-state index in [1.165, 1.54) is 18.2 Å². The lowest BCUT2D eigenvalue weighted by Gasteiger charge is -2.10. The van der Waals surface area contributed by atoms with Crippen LogP contribution in [0.3, 0.4) is 0 Å². The van der Waals surface area contributed by atoms with Crippen molar-refractivity contribution in [1.82, 2.24) is 0 Å². The van der Waals surface area contributed by atoms with Crippen molar-refractivity contribution in [2.75, 3.05) is 6.61 Å². The van der Waals surface area contributed by atoms with E-state index in [1.807, 2.05) is 19.1 Å². The summed E-state index contributed by atoms with van der Waals surface area (Å²) in [4.78, 5) is -0.191. The van der Waals surface area contributed by atoms with Crippen molar-refractivity contribution in [1.29, 1.82) is 5.26 Å². The number of benzene rings is 2. The summed E-state index contributed by atoms with van der Waals surface area (Å²) < 4.78 is 31.3. The minimum absolute atomic E-state index is 0.109. The van der Waals surface area contributed by atoms with Gasteiger partial charge in [0.1, 0.15) is 16.7 Å². The summed E-state index contributed by atoms with van der Waals surface area (Å²) in [5, 5.41) is 9.44. The fourth-order valence-corrected chi connectivity index (χ4v) is 3.57. The Labute approximate surface area is 155 Å². The molecule has 2 rings (SSSR count). The fourth-order valence-electron chi connectivity index (χ4n) is 2.42. The summed E-state index contributed by atoms with van der Waals surface area (Å²) in [6.07, 6.45) is 4.48. The molecule has 2 aromatic carbocycles. The smallest absolute Gasteiger partial charge is 0.216 e. The molecule has 5 heteroatoms. The van der Waals surface area contributed by atoms with Crippen LogP contribution in [-0.2, 0) is 9.84 Å². The first kappa shape index (κ1) is 19.7. The van der Waals surface area contributed by atoms with Crippen molar-refractivity contribution >= 4 is 15.9 Å². The lowest BCUT2D eigenvalue weighted by molar-refractivity contribution is 0.305. The number of ether oxygens (including phenoxy) is 1. The third kappa shape index (κ3) is 4.96. The number of rotatable bonds is 8. The molecule has 0 unspecified atom stereocenters. The average molecular weight is 369 g/mol. The standard InChI is InChI=1S/C21H23NO3S/c1-3-4-7-14-25-21-9-6-5-8-18(21)15-20(16-22)26(23,24)19-12-10-17(2)11-13-19/h5-6,8-13,15H,3-4,7,14H2,1-2H3. The molecule has 0 N–H and O–H groups in total. The van der Waals surface area contributed by atoms with E-state index in [0.717, 1.165) is 24.8 Å². The fraction of sp³-hybridized carbons (Fsp3) is 0.286. The Morgan fingerprint density at radius 1 is 1.12 bits per heavy atom. The number of unbranched alkanes of at least 4 members (excludes halogenated alkanes) is 2. The number of hydrogen-bond acceptors (Lipinski definition) is 4. The Hall–Kier alpha value is -2.58. The van der Waals surface area contributed by atoms with Gasteiger partial charge in [-0.2, -0.15) is 5.26 Å². The van der Waals surface area contributed by atoms with Crippen molar-refractivity contribution in [3.8, 4) is 11.8 Å². The summed E-state index contributed by atoms with van der Waals surface area (Å²) in [5.41, 5.74) is 1.54. The van der Waals surface area contributed by atoms with Gasteiger partial charge < -0.3 is 4.74 Å². The monoisotopic (exact) mass is 369 g/mol. The van der Waals surface area contributed by atoms with Gasteiger partial charge in [-0.25, -0.2) is 8.42 Å². The van der Waals surface area contributed by atoms with Gasteiger partial charge in [0.25, 0.3) is 0 Å². The average Bonchev–Trinajstić information content (AvgIpc) is 2.64. The molecule has 0 fully saturated rings. The Bertz CT molecular complexity index is 907. The van der Waals surface area contributed by atoms with E-state index in [-0.39, 0.29) is 9.80 Å². The molecule has 4 nitrogen and oxygen atoms in total. The first-order chi connectivity index (χ1) is 12.5. The van der Waals surface area contributed by atoms with Crippen molar-refractivity contribution in [2.24, 2.45) is 0 Å². The summed E-state index contributed by atoms with van der Waals surface area (Å²) >= 11 is 0. The van der Waals surface area contributed by atoms with Crippen LogP contribution < -0.4 is 4.74 Å². The summed E-state index contributed by atoms with van der Waals surface area (Å²) in [7, 11) is -3.87. The van der Waals surface area contributed by atoms with Gasteiger partial charge in [0.05, 0.1) is 11.5 Å². The zero-order valence-electron chi connectivity index (χ0n) is 15.1. The molecule has 0 saturated heterocycles. The van der Waals surface area contributed by atoms with Gasteiger partial charge in [0, 0.05) is 5.56 Å². The maximum Gasteiger partial charge on any atom is 0.216 e. The van der Waals surface area contributed by atoms with Crippen molar-refractivity contribution in [3.05, 3.63) is 64.6 Å². The SMILES string of the molecule is CCCCCOc1ccccc1C=C(C#N)S(=O)(=O)c1ccc(C)cc1. The van der Waals surface area contributed by atoms with Gasteiger partial charge in [-0.1, -0.05) is 55.7 Å². The van der Waals surface area contributed by atoms with Gasteiger partial charge in [0.2, 0.25) is 9.84 Å². The van der Waals surface area contributed by atoms with Crippen LogP contribution in [0.2, 0.25) is 0 Å². The molecule has 136 valence electrons. The number of aryl methyl sites for hydroxylation is 1. The van der Waals surface area contributed by atoms with Gasteiger partial charge >= 0.3 is 0 Å². The Morgan fingerprint density at radius 3 is 2.46 bits per heavy atom. The predicted molar refractivity (Wildman–Crippen MR) is 103 cm³/mol. The molecule has 0 atom stereocenters. The summed E-state index contributed by atoms with van der Waals surface area (Å²) in [6.45, 7) is 4.56. The number of nitriles is 1. The Balaban J connectivity index is 2.34. The molecule has 0 spiro atoms. The molecule has 0 saturated carbocycles. The second-order valence-electron chi connectivity index (χ2n) is 6.03. The Morgan fingerprint density at radius 2 is 1.81 bits per heavy atom. The third-order valence-corrected chi connectivity index (χ3v) is 5.62. The second-order valence-corrected chi connectivity index (χ2v) is 7.95. The van der Waals surface area contributed by atoms with E-state index in [9.17, 15) is 13.7 Å². The second kappa shape index (κ2) is 9.21. The highest BCUT2D eigenvalue weighted by Crippen LogP contribution is 2.26. The first-order valence-electron chi connectivity index (χ1n) is 8.64. The lowest BCUT2D eigenvalue weighted by atomic mass is 10.2. The molecule has 0 aromatic heterocycles. The van der Waals surface area contributed by atoms with Crippen LogP contribution in [0.4, 0.5) is 0 Å². The first-order valence-corrected chi connectivity index (χ1v) is 10.1. The van der Waals surface area contributed by atoms with Crippen LogP contribution in [0.25, 0.3) is 6.08 Å². The molecule has 26 heavy (non-hydrogen) atoms. The molecule has 0 aliphatic rings. The van der Waals surface area contributed by atoms with Crippen LogP contribution in [0.5, 0.6) is 5.75 Å². The van der Waals surface area contributed by atoms with Crippen LogP contribution in [0.1, 0.15) is 37.3 Å². The van der Waals surface area contributed by atoms with Crippen molar-refractivity contribution in [3.63, 3.8) is 0 Å². The van der Waals surface area contributed by atoms with Gasteiger partial charge in [-0.05, 0) is 37.6 Å². The van der Waals surface area contributed by atoms with E-state index < -0.39 is 9.84 Å². The van der Waals surface area contributed by atoms with E-state index in [4.69, 9.17) is 4.74 Å². The highest BCUT2D eigenvalue weighted by atomic mass is 32.2. The van der Waals surface area contributed by atoms with Crippen LogP contribution in [0.15, 0.2) is 58.3 Å². The maximum atomic E-state index is 12.8. The zero-order chi connectivity index (χ0) is 19.0. The summed E-state index contributed by atoms with van der Waals surface area (Å²) in [5.74, 6) is 0.579. The zero-order valence-corrected chi connectivity index (χ0v) is 15.9. The maximum absolute atomic E-state index is 12.8. The number of hydrogen-bond donors (Lipinski definition) is 0. The number of sulfone groups is 1. The minimum Gasteiger partial charge on any atom is -0.493 e. The van der Waals surface area contributed by atoms with E-state index in [0.29, 0.717) is 17.9 Å². The number of nitrogens with zero attached hydrogens (tertiary/aromatic N) is 1. The molecule has 0 aliphatic carbocycles. The normalized spacial score (nSPS) is 11.8. The van der Waals surface area contributed by atoms with Crippen molar-refractivity contribution in [2.45, 2.75) is 38.0 Å². The molecule has 0 heterocycles. The molecule has 0 radical (unpaired) electrons. The summed E-state index contributed by atoms with van der Waals surface area (Å²) in [6, 6.07) is 15.4. The van der Waals surface area contributed by atoms with E-state index in [2.05, 4.69) is 6.92 Å². The van der Waals surface area contributed by atoms with Gasteiger partial charge in [0.15, 0.2) is 0 Å². The van der Waals surface area contributed by atoms with Crippen molar-refractivity contribution < 1.29 is 13.2 Å². The largest absolute Gasteiger partial charge is 0.493 e. The van der Waals surface area contributed by atoms with Crippen LogP contribution in [-0.4, -0.2) is 15.0 Å². The molecular formula is C21H23NO3S. The van der Waals surface area contributed by atoms with Crippen LogP contribution in [0, 0.1) is 18.3 Å². The molecule has 0 amide bonds.